The van der Waals surface area contributed by atoms with Gasteiger partial charge in [-0.2, -0.15) is 0 Å². The van der Waals surface area contributed by atoms with Gasteiger partial charge in [-0.1, -0.05) is 23.7 Å². The molecule has 2 aromatic heterocycles. The van der Waals surface area contributed by atoms with Gasteiger partial charge in [-0.15, -0.1) is 0 Å². The molecule has 0 atom stereocenters. The monoisotopic (exact) mass is 336 g/mol. The predicted octanol–water partition coefficient (Wildman–Crippen LogP) is 4.01. The van der Waals surface area contributed by atoms with E-state index in [0.717, 1.165) is 22.2 Å². The van der Waals surface area contributed by atoms with E-state index in [1.165, 1.54) is 0 Å². The smallest absolute Gasteiger partial charge is 0.180 e. The molecule has 1 aromatic carbocycles. The highest BCUT2D eigenvalue weighted by molar-refractivity contribution is 7.92. The number of halogens is 1. The third-order valence-corrected chi connectivity index (χ3v) is 6.47. The molecule has 0 bridgehead atoms. The Morgan fingerprint density at radius 3 is 2.41 bits per heavy atom. The second-order valence-electron chi connectivity index (χ2n) is 5.61. The molecule has 116 valence electrons. The fraction of sp³-hybridized carbons (Fsp3) is 0.250. The van der Waals surface area contributed by atoms with Crippen molar-refractivity contribution in [1.29, 1.82) is 0 Å². The molecule has 4 nitrogen and oxygen atoms in total. The first-order valence-corrected chi connectivity index (χ1v) is 8.91. The Bertz CT molecular complexity index is 935. The topological polar surface area (TPSA) is 54.9 Å². The van der Waals surface area contributed by atoms with E-state index < -0.39 is 15.1 Å². The van der Waals surface area contributed by atoms with Crippen LogP contribution in [0.25, 0.3) is 22.2 Å². The number of benzene rings is 1. The third-order valence-electron chi connectivity index (χ3n) is 3.93. The average Bonchev–Trinajstić information content (AvgIpc) is 3.00. The molecule has 0 unspecified atom stereocenters. The molecule has 0 aliphatic rings. The molecule has 0 aliphatic heterocycles. The lowest BCUT2D eigenvalue weighted by atomic mass is 10.1. The van der Waals surface area contributed by atoms with Crippen LogP contribution in [-0.4, -0.2) is 23.2 Å². The molecule has 3 aromatic rings. The molecule has 0 aliphatic carbocycles. The fourth-order valence-electron chi connectivity index (χ4n) is 2.51. The average molecular weight is 337 g/mol. The first kappa shape index (κ1) is 15.2. The highest BCUT2D eigenvalue weighted by atomic mass is 35.5. The van der Waals surface area contributed by atoms with Crippen LogP contribution in [0.1, 0.15) is 13.8 Å². The SMILES string of the molecule is CC(C)S(=O)(=O)c1ccc(-c2c[nH]c3c2cc(Cl)n3C)cc1. The quantitative estimate of drug-likeness (QED) is 0.785. The second kappa shape index (κ2) is 5.18. The minimum absolute atomic E-state index is 0.351. The summed E-state index contributed by atoms with van der Waals surface area (Å²) < 4.78 is 26.2. The van der Waals surface area contributed by atoms with Crippen LogP contribution in [-0.2, 0) is 16.9 Å². The van der Waals surface area contributed by atoms with Crippen molar-refractivity contribution in [2.45, 2.75) is 24.0 Å². The number of fused-ring (bicyclic) bond motifs is 1. The molecule has 6 heteroatoms. The lowest BCUT2D eigenvalue weighted by Gasteiger charge is -2.08. The van der Waals surface area contributed by atoms with Crippen molar-refractivity contribution in [2.24, 2.45) is 7.05 Å². The van der Waals surface area contributed by atoms with Gasteiger partial charge >= 0.3 is 0 Å². The molecule has 0 fully saturated rings. The molecule has 22 heavy (non-hydrogen) atoms. The minimum atomic E-state index is -3.24. The van der Waals surface area contributed by atoms with Crippen LogP contribution in [0.15, 0.2) is 41.4 Å². The van der Waals surface area contributed by atoms with Crippen molar-refractivity contribution < 1.29 is 8.42 Å². The number of sulfone groups is 1. The molecule has 2 heterocycles. The maximum absolute atomic E-state index is 12.2. The van der Waals surface area contributed by atoms with E-state index in [4.69, 9.17) is 11.6 Å². The van der Waals surface area contributed by atoms with Crippen LogP contribution in [0.4, 0.5) is 0 Å². The number of aromatic nitrogens is 2. The zero-order chi connectivity index (χ0) is 16.1. The number of rotatable bonds is 3. The molecular weight excluding hydrogens is 320 g/mol. The summed E-state index contributed by atoms with van der Waals surface area (Å²) in [5, 5.41) is 1.25. The second-order valence-corrected chi connectivity index (χ2v) is 8.50. The van der Waals surface area contributed by atoms with Crippen LogP contribution in [0, 0.1) is 0 Å². The van der Waals surface area contributed by atoms with Crippen LogP contribution in [0.2, 0.25) is 5.15 Å². The first-order chi connectivity index (χ1) is 10.3. The number of nitrogens with zero attached hydrogens (tertiary/aromatic N) is 1. The Labute approximate surface area is 134 Å². The Hall–Kier alpha value is -1.72. The van der Waals surface area contributed by atoms with E-state index >= 15 is 0 Å². The molecule has 0 amide bonds. The van der Waals surface area contributed by atoms with E-state index in [9.17, 15) is 8.42 Å². The van der Waals surface area contributed by atoms with Gasteiger partial charge < -0.3 is 9.55 Å². The number of hydrogen-bond acceptors (Lipinski definition) is 2. The third kappa shape index (κ3) is 2.25. The van der Waals surface area contributed by atoms with Crippen LogP contribution in [0.3, 0.4) is 0 Å². The van der Waals surface area contributed by atoms with Gasteiger partial charge in [0.2, 0.25) is 0 Å². The summed E-state index contributed by atoms with van der Waals surface area (Å²) in [5.74, 6) is 0. The van der Waals surface area contributed by atoms with Crippen molar-refractivity contribution in [3.63, 3.8) is 0 Å². The minimum Gasteiger partial charge on any atom is -0.347 e. The summed E-state index contributed by atoms with van der Waals surface area (Å²) in [6.07, 6.45) is 1.91. The Kier molecular flexibility index (Phi) is 3.57. The van der Waals surface area contributed by atoms with Crippen molar-refractivity contribution in [3.8, 4) is 11.1 Å². The summed E-state index contributed by atoms with van der Waals surface area (Å²) in [6.45, 7) is 3.37. The first-order valence-electron chi connectivity index (χ1n) is 6.99. The van der Waals surface area contributed by atoms with Crippen LogP contribution in [0.5, 0.6) is 0 Å². The number of nitrogens with one attached hydrogen (secondary N) is 1. The highest BCUT2D eigenvalue weighted by Crippen LogP contribution is 2.32. The fourth-order valence-corrected chi connectivity index (χ4v) is 3.76. The van der Waals surface area contributed by atoms with E-state index in [0.29, 0.717) is 10.0 Å². The lowest BCUT2D eigenvalue weighted by molar-refractivity contribution is 0.587. The van der Waals surface area contributed by atoms with E-state index in [-0.39, 0.29) is 0 Å². The predicted molar refractivity (Wildman–Crippen MR) is 90.0 cm³/mol. The Morgan fingerprint density at radius 2 is 1.82 bits per heavy atom. The van der Waals surface area contributed by atoms with Gasteiger partial charge in [-0.3, -0.25) is 0 Å². The highest BCUT2D eigenvalue weighted by Gasteiger charge is 2.19. The van der Waals surface area contributed by atoms with Gasteiger partial charge in [-0.05, 0) is 37.6 Å². The van der Waals surface area contributed by atoms with Gasteiger partial charge in [0.05, 0.1) is 10.1 Å². The van der Waals surface area contributed by atoms with Gasteiger partial charge in [0.1, 0.15) is 10.8 Å². The summed E-state index contributed by atoms with van der Waals surface area (Å²) in [7, 11) is -1.35. The van der Waals surface area contributed by atoms with Crippen LogP contribution < -0.4 is 0 Å². The molecule has 0 spiro atoms. The van der Waals surface area contributed by atoms with E-state index in [1.54, 1.807) is 26.0 Å². The lowest BCUT2D eigenvalue weighted by Crippen LogP contribution is -2.13. The molecule has 0 saturated carbocycles. The summed E-state index contributed by atoms with van der Waals surface area (Å²) in [5.41, 5.74) is 2.90. The van der Waals surface area contributed by atoms with Gasteiger partial charge in [0.25, 0.3) is 0 Å². The molecule has 0 radical (unpaired) electrons. The van der Waals surface area contributed by atoms with Crippen molar-refractivity contribution in [1.82, 2.24) is 9.55 Å². The van der Waals surface area contributed by atoms with Crippen molar-refractivity contribution >= 4 is 32.5 Å². The Balaban J connectivity index is 2.07. The van der Waals surface area contributed by atoms with Crippen molar-refractivity contribution in [2.75, 3.05) is 0 Å². The number of aromatic amines is 1. The largest absolute Gasteiger partial charge is 0.347 e. The number of aryl methyl sites for hydroxylation is 1. The summed E-state index contributed by atoms with van der Waals surface area (Å²) in [6, 6.07) is 8.89. The van der Waals surface area contributed by atoms with Crippen molar-refractivity contribution in [3.05, 3.63) is 41.7 Å². The Morgan fingerprint density at radius 1 is 1.18 bits per heavy atom. The van der Waals surface area contributed by atoms with Crippen LogP contribution >= 0.6 is 11.6 Å². The zero-order valence-corrected chi connectivity index (χ0v) is 14.2. The van der Waals surface area contributed by atoms with Gasteiger partial charge in [-0.25, -0.2) is 8.42 Å². The summed E-state index contributed by atoms with van der Waals surface area (Å²) >= 11 is 6.14. The number of hydrogen-bond donors (Lipinski definition) is 1. The van der Waals surface area contributed by atoms with Gasteiger partial charge in [0, 0.05) is 24.2 Å². The molecule has 1 N–H and O–H groups in total. The molecular formula is C16H17ClN2O2S. The summed E-state index contributed by atoms with van der Waals surface area (Å²) in [4.78, 5) is 3.55. The number of H-pyrrole nitrogens is 1. The maximum Gasteiger partial charge on any atom is 0.180 e. The van der Waals surface area contributed by atoms with E-state index in [1.807, 2.05) is 36.0 Å². The zero-order valence-electron chi connectivity index (χ0n) is 12.6. The maximum atomic E-state index is 12.2. The van der Waals surface area contributed by atoms with Gasteiger partial charge in [0.15, 0.2) is 9.84 Å². The normalized spacial score (nSPS) is 12.4. The van der Waals surface area contributed by atoms with E-state index in [2.05, 4.69) is 4.98 Å². The molecule has 0 saturated heterocycles. The molecule has 3 rings (SSSR count). The standard InChI is InChI=1S/C16H17ClN2O2S/c1-10(2)22(20,21)12-6-4-11(5-7-12)14-9-18-16-13(14)8-15(17)19(16)3/h4-10,18H,1-3H3.